The van der Waals surface area contributed by atoms with Crippen molar-refractivity contribution in [3.05, 3.63) is 51.8 Å². The largest absolute Gasteiger partial charge is 0.455 e. The van der Waals surface area contributed by atoms with Gasteiger partial charge in [-0.2, -0.15) is 20.1 Å². The molecular weight excluding hydrogens is 468 g/mol. The number of ether oxygens (including phenoxy) is 2. The molecule has 0 amide bonds. The van der Waals surface area contributed by atoms with Crippen LogP contribution in [0.25, 0.3) is 11.3 Å². The van der Waals surface area contributed by atoms with Crippen LogP contribution in [0.3, 0.4) is 0 Å². The summed E-state index contributed by atoms with van der Waals surface area (Å²) in [6.07, 6.45) is 1.47. The van der Waals surface area contributed by atoms with Crippen molar-refractivity contribution in [2.45, 2.75) is 6.92 Å². The van der Waals surface area contributed by atoms with E-state index in [1.807, 2.05) is 0 Å². The van der Waals surface area contributed by atoms with Crippen LogP contribution in [-0.2, 0) is 9.47 Å². The monoisotopic (exact) mass is 494 g/mol. The number of hydrogen-bond donors (Lipinski definition) is 1. The normalized spacial score (nSPS) is 16.5. The summed E-state index contributed by atoms with van der Waals surface area (Å²) in [6, 6.07) is 8.37. The van der Waals surface area contributed by atoms with Gasteiger partial charge in [0.1, 0.15) is 11.5 Å². The van der Waals surface area contributed by atoms with Crippen LogP contribution in [0.5, 0.6) is 0 Å². The van der Waals surface area contributed by atoms with Crippen LogP contribution in [0.2, 0.25) is 0 Å². The molecular formula is C23H26N8O5. The Balaban J connectivity index is 1.35. The van der Waals surface area contributed by atoms with E-state index in [0.717, 1.165) is 5.56 Å². The van der Waals surface area contributed by atoms with Gasteiger partial charge >= 0.3 is 0 Å². The van der Waals surface area contributed by atoms with Gasteiger partial charge in [0.25, 0.3) is 5.69 Å². The number of aromatic nitrogens is 3. The lowest BCUT2D eigenvalue weighted by Crippen LogP contribution is -2.40. The highest BCUT2D eigenvalue weighted by molar-refractivity contribution is 5.79. The molecule has 0 bridgehead atoms. The third-order valence-corrected chi connectivity index (χ3v) is 5.80. The molecule has 36 heavy (non-hydrogen) atoms. The van der Waals surface area contributed by atoms with E-state index in [9.17, 15) is 10.1 Å². The Kier molecular flexibility index (Phi) is 7.00. The smallest absolute Gasteiger partial charge is 0.280 e. The van der Waals surface area contributed by atoms with E-state index < -0.39 is 4.92 Å². The maximum atomic E-state index is 11.5. The SMILES string of the molecule is Cc1ccc(-c2ccc(/C=N\Nc3nc(N4CCOCC4)nc(N4CCOCC4)n3)o2)c([N+](=O)[O-])c1. The fraction of sp³-hybridized carbons (Fsp3) is 0.391. The third-order valence-electron chi connectivity index (χ3n) is 5.80. The van der Waals surface area contributed by atoms with E-state index in [0.29, 0.717) is 87.5 Å². The highest BCUT2D eigenvalue weighted by atomic mass is 16.6. The summed E-state index contributed by atoms with van der Waals surface area (Å²) in [4.78, 5) is 28.9. The van der Waals surface area contributed by atoms with Gasteiger partial charge in [-0.05, 0) is 30.7 Å². The van der Waals surface area contributed by atoms with Gasteiger partial charge in [-0.3, -0.25) is 10.1 Å². The van der Waals surface area contributed by atoms with E-state index in [-0.39, 0.29) is 5.69 Å². The van der Waals surface area contributed by atoms with Crippen molar-refractivity contribution >= 4 is 29.7 Å². The number of nitrogens with one attached hydrogen (secondary N) is 1. The van der Waals surface area contributed by atoms with Gasteiger partial charge in [0, 0.05) is 32.2 Å². The molecule has 2 aliphatic rings. The summed E-state index contributed by atoms with van der Waals surface area (Å²) >= 11 is 0. The van der Waals surface area contributed by atoms with Gasteiger partial charge in [0.2, 0.25) is 17.8 Å². The Morgan fingerprint density at radius 2 is 1.61 bits per heavy atom. The highest BCUT2D eigenvalue weighted by Crippen LogP contribution is 2.31. The molecule has 2 fully saturated rings. The summed E-state index contributed by atoms with van der Waals surface area (Å²) < 4.78 is 16.7. The molecule has 1 N–H and O–H groups in total. The molecule has 3 aromatic rings. The summed E-state index contributed by atoms with van der Waals surface area (Å²) in [5, 5.41) is 15.7. The fourth-order valence-electron chi connectivity index (χ4n) is 3.94. The van der Waals surface area contributed by atoms with E-state index in [4.69, 9.17) is 13.9 Å². The minimum absolute atomic E-state index is 0.0116. The van der Waals surface area contributed by atoms with Crippen LogP contribution < -0.4 is 15.2 Å². The van der Waals surface area contributed by atoms with Crippen LogP contribution >= 0.6 is 0 Å². The highest BCUT2D eigenvalue weighted by Gasteiger charge is 2.21. The zero-order valence-corrected chi connectivity index (χ0v) is 19.8. The molecule has 0 radical (unpaired) electrons. The average Bonchev–Trinajstić information content (AvgIpc) is 3.38. The first-order valence-corrected chi connectivity index (χ1v) is 11.6. The average molecular weight is 495 g/mol. The predicted molar refractivity (Wildman–Crippen MR) is 133 cm³/mol. The molecule has 0 spiro atoms. The molecule has 13 nitrogen and oxygen atoms in total. The Morgan fingerprint density at radius 3 is 2.22 bits per heavy atom. The minimum atomic E-state index is -0.418. The zero-order valence-electron chi connectivity index (χ0n) is 19.8. The Bertz CT molecular complexity index is 1210. The third kappa shape index (κ3) is 5.42. The molecule has 4 heterocycles. The number of hydrazone groups is 1. The van der Waals surface area contributed by atoms with Crippen LogP contribution in [0.4, 0.5) is 23.5 Å². The first-order valence-electron chi connectivity index (χ1n) is 11.6. The van der Waals surface area contributed by atoms with E-state index >= 15 is 0 Å². The van der Waals surface area contributed by atoms with Crippen molar-refractivity contribution in [1.82, 2.24) is 15.0 Å². The van der Waals surface area contributed by atoms with Gasteiger partial charge < -0.3 is 23.7 Å². The molecule has 2 aromatic heterocycles. The second-order valence-corrected chi connectivity index (χ2v) is 8.31. The summed E-state index contributed by atoms with van der Waals surface area (Å²) in [5.41, 5.74) is 4.05. The molecule has 0 aliphatic carbocycles. The van der Waals surface area contributed by atoms with E-state index in [2.05, 4.69) is 35.3 Å². The summed E-state index contributed by atoms with van der Waals surface area (Å²) in [7, 11) is 0. The second kappa shape index (κ2) is 10.7. The number of aryl methyl sites for hydroxylation is 1. The fourth-order valence-corrected chi connectivity index (χ4v) is 3.94. The first-order chi connectivity index (χ1) is 17.6. The van der Waals surface area contributed by atoms with Crippen molar-refractivity contribution in [3.8, 4) is 11.3 Å². The number of hydrogen-bond acceptors (Lipinski definition) is 12. The Hall–Kier alpha value is -4.10. The van der Waals surface area contributed by atoms with Crippen molar-refractivity contribution in [2.75, 3.05) is 67.8 Å². The number of nitro groups is 1. The molecule has 5 rings (SSSR count). The quantitative estimate of drug-likeness (QED) is 0.294. The molecule has 0 saturated carbocycles. The van der Waals surface area contributed by atoms with Crippen LogP contribution in [-0.4, -0.2) is 78.7 Å². The minimum Gasteiger partial charge on any atom is -0.455 e. The predicted octanol–water partition coefficient (Wildman–Crippen LogP) is 2.47. The standard InChI is InChI=1S/C23H26N8O5/c1-16-2-4-18(19(14-16)31(32)33)20-5-3-17(36-20)15-24-28-21-25-22(29-6-10-34-11-7-29)27-23(26-21)30-8-12-35-13-9-30/h2-5,14-15H,6-13H2,1H3,(H,25,26,27,28)/b24-15-. The van der Waals surface area contributed by atoms with E-state index in [1.54, 1.807) is 31.2 Å². The van der Waals surface area contributed by atoms with Crippen molar-refractivity contribution in [3.63, 3.8) is 0 Å². The number of anilines is 3. The number of rotatable bonds is 7. The van der Waals surface area contributed by atoms with Crippen molar-refractivity contribution in [1.29, 1.82) is 0 Å². The van der Waals surface area contributed by atoms with Crippen molar-refractivity contribution < 1.29 is 18.8 Å². The lowest BCUT2D eigenvalue weighted by Gasteiger charge is -2.30. The Labute approximate surface area is 206 Å². The van der Waals surface area contributed by atoms with Gasteiger partial charge in [0.15, 0.2) is 0 Å². The lowest BCUT2D eigenvalue weighted by molar-refractivity contribution is -0.384. The molecule has 2 saturated heterocycles. The van der Waals surface area contributed by atoms with E-state index in [1.165, 1.54) is 12.3 Å². The molecule has 1 aromatic carbocycles. The number of nitrogens with zero attached hydrogens (tertiary/aromatic N) is 7. The molecule has 188 valence electrons. The maximum Gasteiger partial charge on any atom is 0.280 e. The molecule has 0 atom stereocenters. The van der Waals surface area contributed by atoms with Crippen LogP contribution in [0, 0.1) is 17.0 Å². The van der Waals surface area contributed by atoms with Gasteiger partial charge in [-0.1, -0.05) is 6.07 Å². The number of benzene rings is 1. The molecule has 13 heteroatoms. The first kappa shape index (κ1) is 23.6. The number of furan rings is 1. The lowest BCUT2D eigenvalue weighted by atomic mass is 10.1. The van der Waals surface area contributed by atoms with Gasteiger partial charge in [-0.25, -0.2) is 5.43 Å². The van der Waals surface area contributed by atoms with Gasteiger partial charge in [-0.15, -0.1) is 0 Å². The van der Waals surface area contributed by atoms with Gasteiger partial charge in [0.05, 0.1) is 43.1 Å². The number of morpholine rings is 2. The van der Waals surface area contributed by atoms with Crippen LogP contribution in [0.1, 0.15) is 11.3 Å². The maximum absolute atomic E-state index is 11.5. The van der Waals surface area contributed by atoms with Crippen LogP contribution in [0.15, 0.2) is 39.9 Å². The summed E-state index contributed by atoms with van der Waals surface area (Å²) in [5.74, 6) is 2.21. The zero-order chi connectivity index (χ0) is 24.9. The second-order valence-electron chi connectivity index (χ2n) is 8.31. The van der Waals surface area contributed by atoms with Crippen molar-refractivity contribution in [2.24, 2.45) is 5.10 Å². The molecule has 0 unspecified atom stereocenters. The topological polar surface area (TPSA) is 144 Å². The molecule has 2 aliphatic heterocycles. The Morgan fingerprint density at radius 1 is 0.972 bits per heavy atom. The summed E-state index contributed by atoms with van der Waals surface area (Å²) in [6.45, 7) is 7.01. The number of nitro benzene ring substituents is 1.